The first kappa shape index (κ1) is 49.2. The topological polar surface area (TPSA) is 286 Å². The van der Waals surface area contributed by atoms with E-state index < -0.39 is 40.5 Å². The predicted octanol–water partition coefficient (Wildman–Crippen LogP) is 8.34. The number of anilines is 3. The van der Waals surface area contributed by atoms with Gasteiger partial charge in [-0.1, -0.05) is 36.4 Å². The number of hydrogen-bond donors (Lipinski definition) is 2. The van der Waals surface area contributed by atoms with Crippen LogP contribution in [0, 0.1) is 13.8 Å². The van der Waals surface area contributed by atoms with Gasteiger partial charge in [0.05, 0.1) is 51.2 Å². The van der Waals surface area contributed by atoms with Crippen LogP contribution >= 0.6 is 0 Å². The molecule has 68 heavy (non-hydrogen) atoms. The van der Waals surface area contributed by atoms with Crippen molar-refractivity contribution in [3.63, 3.8) is 0 Å². The molecule has 0 radical (unpaired) electrons. The van der Waals surface area contributed by atoms with Crippen molar-refractivity contribution >= 4 is 102 Å². The highest BCUT2D eigenvalue weighted by Gasteiger charge is 2.25. The molecule has 0 aliphatic carbocycles. The number of nitrogens with one attached hydrogen (secondary N) is 2. The molecule has 0 bridgehead atoms. The molecule has 354 valence electrons. The molecule has 0 saturated heterocycles. The van der Waals surface area contributed by atoms with Crippen LogP contribution < -0.4 is 10.6 Å². The minimum absolute atomic E-state index is 0.0376. The minimum Gasteiger partial charge on any atom is -0.357 e. The van der Waals surface area contributed by atoms with Gasteiger partial charge < -0.3 is 10.6 Å². The van der Waals surface area contributed by atoms with Crippen LogP contribution in [0.3, 0.4) is 0 Å². The molecule has 7 rings (SSSR count). The lowest BCUT2D eigenvalue weighted by atomic mass is 10.1. The summed E-state index contributed by atoms with van der Waals surface area (Å²) < 4.78 is 122. The molecule has 2 N–H and O–H groups in total. The number of aromatic nitrogens is 3. The Morgan fingerprint density at radius 1 is 0.485 bits per heavy atom. The molecule has 21 nitrogen and oxygen atoms in total. The predicted molar refractivity (Wildman–Crippen MR) is 251 cm³/mol. The Balaban J connectivity index is 1.12. The molecule has 0 atom stereocenters. The van der Waals surface area contributed by atoms with Gasteiger partial charge in [-0.25, -0.2) is 0 Å². The molecule has 0 unspecified atom stereocenters. The van der Waals surface area contributed by atoms with Gasteiger partial charge in [0.15, 0.2) is 0 Å². The number of azo groups is 2. The van der Waals surface area contributed by atoms with Gasteiger partial charge in [0, 0.05) is 40.7 Å². The Bertz CT molecular complexity index is 3430. The van der Waals surface area contributed by atoms with Crippen LogP contribution in [0.1, 0.15) is 22.5 Å². The van der Waals surface area contributed by atoms with Crippen molar-refractivity contribution in [1.82, 2.24) is 15.0 Å². The smallest absolute Gasteiger partial charge is 0.297 e. The van der Waals surface area contributed by atoms with Crippen LogP contribution in [0.2, 0.25) is 0 Å². The molecular formula is C43H41N9O12S4. The molecular weight excluding hydrogens is 963 g/mol. The average molecular weight is 1000 g/mol. The second-order valence-electron chi connectivity index (χ2n) is 14.5. The van der Waals surface area contributed by atoms with Crippen molar-refractivity contribution < 1.29 is 50.4 Å². The molecule has 0 saturated carbocycles. The van der Waals surface area contributed by atoms with Crippen LogP contribution in [0.15, 0.2) is 137 Å². The summed E-state index contributed by atoms with van der Waals surface area (Å²) in [5.41, 5.74) is 3.72. The fourth-order valence-electron chi connectivity index (χ4n) is 6.93. The highest BCUT2D eigenvalue weighted by atomic mass is 32.2. The lowest BCUT2D eigenvalue weighted by molar-refractivity contribution is 0.397. The van der Waals surface area contributed by atoms with Crippen molar-refractivity contribution in [2.75, 3.05) is 46.1 Å². The van der Waals surface area contributed by atoms with E-state index in [4.69, 9.17) is 16.7 Å². The van der Waals surface area contributed by atoms with E-state index in [0.717, 1.165) is 34.0 Å². The number of rotatable bonds is 17. The maximum absolute atomic E-state index is 12.9. The van der Waals surface area contributed by atoms with Crippen molar-refractivity contribution in [2.24, 2.45) is 20.5 Å². The number of fused-ring (bicyclic) bond motifs is 2. The second kappa shape index (κ2) is 19.5. The van der Waals surface area contributed by atoms with E-state index in [2.05, 4.69) is 46.0 Å². The van der Waals surface area contributed by atoms with Crippen molar-refractivity contribution in [3.05, 3.63) is 120 Å². The van der Waals surface area contributed by atoms with Crippen molar-refractivity contribution in [2.45, 2.75) is 39.9 Å². The molecule has 0 fully saturated rings. The largest absolute Gasteiger partial charge is 0.357 e. The quantitative estimate of drug-likeness (QED) is 0.0640. The lowest BCUT2D eigenvalue weighted by Gasteiger charge is -2.12. The summed E-state index contributed by atoms with van der Waals surface area (Å²) in [5, 5.41) is 23.6. The van der Waals surface area contributed by atoms with E-state index in [1.165, 1.54) is 60.7 Å². The number of hydrogen-bond acceptors (Lipinski definition) is 21. The Kier molecular flexibility index (Phi) is 14.1. The van der Waals surface area contributed by atoms with E-state index in [9.17, 15) is 33.7 Å². The molecule has 0 aliphatic rings. The molecule has 7 aromatic rings. The molecule has 0 spiro atoms. The third kappa shape index (κ3) is 10.4. The maximum Gasteiger partial charge on any atom is 0.297 e. The summed E-state index contributed by atoms with van der Waals surface area (Å²) in [7, 11) is -11.4. The van der Waals surface area contributed by atoms with Gasteiger partial charge in [-0.05, 0) is 91.2 Å². The van der Waals surface area contributed by atoms with E-state index in [1.807, 2.05) is 13.0 Å². The standard InChI is InChI=1S/C43H41N9O12S4/c1-25-18-27(14-16-35(25)51-49-29-21-33-31(39(23-29)67(57,58)63-6)10-8-12-37(33)65(53,54)61-4)20-41-46-42(44-3)48-43(47-41)45-28-15-17-36(26(2)19-28)52-50-30-22-34-32(40(24-30)68(59,60)64-7)11-9-13-38(34)66(55,56)62-5/h8-19,21-24H,20H2,1-7H3,(H2,44,45,46,47,48). The third-order valence-corrected chi connectivity index (χ3v) is 15.6. The van der Waals surface area contributed by atoms with Gasteiger partial charge in [0.25, 0.3) is 40.5 Å². The van der Waals surface area contributed by atoms with Crippen molar-refractivity contribution in [3.8, 4) is 0 Å². The highest BCUT2D eigenvalue weighted by molar-refractivity contribution is 7.88. The van der Waals surface area contributed by atoms with E-state index in [0.29, 0.717) is 40.0 Å². The fraction of sp³-hybridized carbons (Fsp3) is 0.186. The third-order valence-electron chi connectivity index (χ3n) is 10.3. The summed E-state index contributed by atoms with van der Waals surface area (Å²) in [4.78, 5) is 12.5. The van der Waals surface area contributed by atoms with Gasteiger partial charge in [-0.2, -0.15) is 69.1 Å². The summed E-state index contributed by atoms with van der Waals surface area (Å²) in [6.45, 7) is 3.59. The van der Waals surface area contributed by atoms with Crippen LogP contribution in [0.5, 0.6) is 0 Å². The Hall–Kier alpha value is -6.71. The monoisotopic (exact) mass is 1000 g/mol. The highest BCUT2D eigenvalue weighted by Crippen LogP contribution is 2.37. The summed E-state index contributed by atoms with van der Waals surface area (Å²) in [6, 6.07) is 24.1. The number of nitrogens with zero attached hydrogens (tertiary/aromatic N) is 7. The Labute approximate surface area is 391 Å². The van der Waals surface area contributed by atoms with E-state index in [1.54, 1.807) is 44.3 Å². The summed E-state index contributed by atoms with van der Waals surface area (Å²) >= 11 is 0. The normalized spacial score (nSPS) is 12.7. The van der Waals surface area contributed by atoms with Gasteiger partial charge in [0.2, 0.25) is 11.9 Å². The Morgan fingerprint density at radius 2 is 0.941 bits per heavy atom. The number of aryl methyl sites for hydroxylation is 2. The first-order valence-electron chi connectivity index (χ1n) is 19.8. The lowest BCUT2D eigenvalue weighted by Crippen LogP contribution is -2.08. The van der Waals surface area contributed by atoms with Crippen molar-refractivity contribution in [1.29, 1.82) is 0 Å². The van der Waals surface area contributed by atoms with Crippen LogP contribution in [-0.4, -0.2) is 84.1 Å². The minimum atomic E-state index is -4.31. The molecule has 1 heterocycles. The summed E-state index contributed by atoms with van der Waals surface area (Å²) in [6.07, 6.45) is 0.281. The molecule has 6 aromatic carbocycles. The molecule has 25 heteroatoms. The first-order chi connectivity index (χ1) is 32.2. The average Bonchev–Trinajstić information content (AvgIpc) is 3.32. The molecule has 0 amide bonds. The van der Waals surface area contributed by atoms with Crippen LogP contribution in [-0.2, 0) is 63.6 Å². The maximum atomic E-state index is 12.9. The SMILES string of the molecule is CNc1nc(Cc2ccc(N=Nc3cc(S(=O)(=O)OC)c4cccc(S(=O)(=O)OC)c4c3)c(C)c2)nc(Nc2ccc(N=Nc3cc(S(=O)(=O)OC)c4cccc(S(=O)(=O)OC)c4c3)c(C)c2)n1. The van der Waals surface area contributed by atoms with E-state index in [-0.39, 0.29) is 64.9 Å². The van der Waals surface area contributed by atoms with Gasteiger partial charge in [-0.3, -0.25) is 16.7 Å². The summed E-state index contributed by atoms with van der Waals surface area (Å²) in [5.74, 6) is 0.936. The zero-order valence-corrected chi connectivity index (χ0v) is 40.4. The zero-order chi connectivity index (χ0) is 49.2. The van der Waals surface area contributed by atoms with Gasteiger partial charge in [-0.15, -0.1) is 0 Å². The first-order valence-corrected chi connectivity index (χ1v) is 25.4. The van der Waals surface area contributed by atoms with Crippen LogP contribution in [0.25, 0.3) is 21.5 Å². The zero-order valence-electron chi connectivity index (χ0n) is 37.1. The van der Waals surface area contributed by atoms with E-state index >= 15 is 0 Å². The van der Waals surface area contributed by atoms with Gasteiger partial charge >= 0.3 is 0 Å². The number of benzene rings is 6. The van der Waals surface area contributed by atoms with Crippen LogP contribution in [0.4, 0.5) is 40.3 Å². The molecule has 0 aliphatic heterocycles. The fourth-order valence-corrected chi connectivity index (χ4v) is 10.4. The second-order valence-corrected chi connectivity index (χ2v) is 21.3. The Morgan fingerprint density at radius 3 is 1.40 bits per heavy atom. The molecule has 1 aromatic heterocycles. The van der Waals surface area contributed by atoms with Gasteiger partial charge in [0.1, 0.15) is 25.4 Å².